The fourth-order valence-corrected chi connectivity index (χ4v) is 7.34. The highest BCUT2D eigenvalue weighted by Gasteiger charge is 2.56. The van der Waals surface area contributed by atoms with Gasteiger partial charge in [0.25, 0.3) is 5.91 Å². The number of carbonyl (C=O) groups excluding carboxylic acids is 3. The van der Waals surface area contributed by atoms with Crippen LogP contribution < -0.4 is 5.32 Å². The van der Waals surface area contributed by atoms with Crippen LogP contribution in [0.25, 0.3) is 0 Å². The van der Waals surface area contributed by atoms with Crippen LogP contribution in [-0.2, 0) is 25.2 Å². The summed E-state index contributed by atoms with van der Waals surface area (Å²) in [5.74, 6) is -0.984. The van der Waals surface area contributed by atoms with Crippen LogP contribution in [0.3, 0.4) is 0 Å². The summed E-state index contributed by atoms with van der Waals surface area (Å²) in [5.41, 5.74) is 1.93. The molecule has 0 radical (unpaired) electrons. The van der Waals surface area contributed by atoms with Gasteiger partial charge in [0.2, 0.25) is 14.2 Å². The van der Waals surface area contributed by atoms with Crippen LogP contribution in [0.4, 0.5) is 0 Å². The van der Waals surface area contributed by atoms with E-state index in [2.05, 4.69) is 37.2 Å². The van der Waals surface area contributed by atoms with Crippen LogP contribution >= 0.6 is 43.6 Å². The smallest absolute Gasteiger partial charge is 0.341 e. The molecule has 2 amide bonds. The fourth-order valence-electron chi connectivity index (χ4n) is 3.13. The van der Waals surface area contributed by atoms with Crippen LogP contribution in [0.1, 0.15) is 5.56 Å². The van der Waals surface area contributed by atoms with E-state index < -0.39 is 20.3 Å². The van der Waals surface area contributed by atoms with Gasteiger partial charge in [-0.25, -0.2) is 4.79 Å². The molecule has 2 unspecified atom stereocenters. The van der Waals surface area contributed by atoms with Gasteiger partial charge in [-0.3, -0.25) is 14.5 Å². The average molecular weight is 562 g/mol. The number of hydrogen-bond donors (Lipinski definition) is 1. The van der Waals surface area contributed by atoms with E-state index >= 15 is 0 Å². The number of nitrogens with zero attached hydrogens (tertiary/aromatic N) is 1. The molecule has 1 aromatic rings. The molecule has 1 saturated heterocycles. The maximum atomic E-state index is 12.9. The maximum Gasteiger partial charge on any atom is 0.341 e. The molecule has 0 aromatic heterocycles. The van der Waals surface area contributed by atoms with Crippen molar-refractivity contribution in [3.05, 3.63) is 47.2 Å². The van der Waals surface area contributed by atoms with Crippen molar-refractivity contribution in [1.29, 1.82) is 0 Å². The number of rotatable bonds is 6. The molecule has 1 aromatic carbocycles. The Morgan fingerprint density at radius 1 is 1.24 bits per heavy atom. The quantitative estimate of drug-likeness (QED) is 0.327. The molecule has 2 aliphatic rings. The summed E-state index contributed by atoms with van der Waals surface area (Å²) in [6.07, 6.45) is 0.201. The first-order valence-corrected chi connectivity index (χ1v) is 15.5. The second kappa shape index (κ2) is 8.95. The molecule has 6 nitrogen and oxygen atoms in total. The van der Waals surface area contributed by atoms with Gasteiger partial charge in [0.05, 0.1) is 10.6 Å². The molecule has 1 N–H and O–H groups in total. The van der Waals surface area contributed by atoms with E-state index in [0.29, 0.717) is 5.33 Å². The highest BCUT2D eigenvalue weighted by Crippen LogP contribution is 2.47. The van der Waals surface area contributed by atoms with Crippen LogP contribution in [0, 0.1) is 0 Å². The Balaban J connectivity index is 1.77. The second-order valence-corrected chi connectivity index (χ2v) is 15.5. The number of β-lactam (4-membered cyclic amide) rings is 1. The van der Waals surface area contributed by atoms with E-state index in [1.807, 2.05) is 50.0 Å². The first kappa shape index (κ1) is 22.6. The zero-order valence-electron chi connectivity index (χ0n) is 16.3. The monoisotopic (exact) mass is 560 g/mol. The topological polar surface area (TPSA) is 75.7 Å². The standard InChI is InChI=1S/C19H22Br2N2O4SSi/c1-29(2,3)27-19(26)15-12(10-20)16(21)28-18-14(17(25)23(15)18)22-13(24)9-11-7-5-4-6-8-11/h4-8,14,16,18H,9-10H2,1-3H3,(H,22,24)/t14?,16?,18-/m1/s1. The number of amides is 2. The molecule has 1 fully saturated rings. The van der Waals surface area contributed by atoms with Gasteiger partial charge in [-0.05, 0) is 30.8 Å². The minimum atomic E-state index is -2.13. The summed E-state index contributed by atoms with van der Waals surface area (Å²) in [6.45, 7) is 5.76. The third-order valence-corrected chi connectivity index (χ3v) is 8.27. The summed E-state index contributed by atoms with van der Waals surface area (Å²) in [7, 11) is -2.13. The van der Waals surface area contributed by atoms with E-state index in [4.69, 9.17) is 4.43 Å². The van der Waals surface area contributed by atoms with Crippen molar-refractivity contribution in [2.24, 2.45) is 0 Å². The molecular formula is C19H22Br2N2O4SSi. The Hall–Kier alpha value is -1.10. The van der Waals surface area contributed by atoms with Crippen LogP contribution in [0.5, 0.6) is 0 Å². The molecule has 10 heteroatoms. The van der Waals surface area contributed by atoms with Crippen molar-refractivity contribution in [1.82, 2.24) is 10.2 Å². The lowest BCUT2D eigenvalue weighted by molar-refractivity contribution is -0.150. The largest absolute Gasteiger partial charge is 0.515 e. The molecule has 29 heavy (non-hydrogen) atoms. The predicted octanol–water partition coefficient (Wildman–Crippen LogP) is 3.38. The molecule has 2 heterocycles. The minimum absolute atomic E-state index is 0.158. The molecular weight excluding hydrogens is 540 g/mol. The van der Waals surface area contributed by atoms with Gasteiger partial charge in [-0.2, -0.15) is 0 Å². The van der Waals surface area contributed by atoms with Gasteiger partial charge in [0, 0.05) is 5.33 Å². The molecule has 3 atom stereocenters. The van der Waals surface area contributed by atoms with Gasteiger partial charge >= 0.3 is 5.97 Å². The average Bonchev–Trinajstić information content (AvgIpc) is 2.64. The normalized spacial score (nSPS) is 24.0. The number of benzene rings is 1. The number of halogens is 2. The number of alkyl halides is 2. The first-order valence-electron chi connectivity index (χ1n) is 9.10. The van der Waals surface area contributed by atoms with E-state index in [0.717, 1.165) is 11.1 Å². The number of fused-ring (bicyclic) bond motifs is 1. The zero-order chi connectivity index (χ0) is 21.3. The number of hydrogen-bond acceptors (Lipinski definition) is 5. The van der Waals surface area contributed by atoms with Gasteiger partial charge in [0.15, 0.2) is 0 Å². The van der Waals surface area contributed by atoms with Crippen molar-refractivity contribution >= 4 is 69.7 Å². The summed E-state index contributed by atoms with van der Waals surface area (Å²) < 4.78 is 5.51. The number of thioether (sulfide) groups is 1. The zero-order valence-corrected chi connectivity index (χ0v) is 21.3. The molecule has 0 bridgehead atoms. The van der Waals surface area contributed by atoms with Crippen molar-refractivity contribution in [2.45, 2.75) is 41.6 Å². The first-order chi connectivity index (χ1) is 13.6. The Labute approximate surface area is 192 Å². The Bertz CT molecular complexity index is 860. The lowest BCUT2D eigenvalue weighted by Crippen LogP contribution is -2.71. The number of nitrogens with one attached hydrogen (secondary N) is 1. The third-order valence-electron chi connectivity index (χ3n) is 4.38. The van der Waals surface area contributed by atoms with E-state index in [9.17, 15) is 14.4 Å². The fraction of sp³-hybridized carbons (Fsp3) is 0.421. The lowest BCUT2D eigenvalue weighted by atomic mass is 10.0. The van der Waals surface area contributed by atoms with Crippen molar-refractivity contribution in [3.63, 3.8) is 0 Å². The Morgan fingerprint density at radius 3 is 2.48 bits per heavy atom. The van der Waals surface area contributed by atoms with Gasteiger partial charge < -0.3 is 9.74 Å². The van der Waals surface area contributed by atoms with E-state index in [1.165, 1.54) is 16.7 Å². The number of carbonyl (C=O) groups is 3. The Morgan fingerprint density at radius 2 is 1.90 bits per heavy atom. The van der Waals surface area contributed by atoms with Gasteiger partial charge in [-0.15, -0.1) is 11.8 Å². The third kappa shape index (κ3) is 4.97. The molecule has 156 valence electrons. The minimum Gasteiger partial charge on any atom is -0.515 e. The summed E-state index contributed by atoms with van der Waals surface area (Å²) in [4.78, 5) is 39.6. The lowest BCUT2D eigenvalue weighted by Gasteiger charge is -2.51. The molecule has 2 aliphatic heterocycles. The molecule has 0 spiro atoms. The highest BCUT2D eigenvalue weighted by atomic mass is 79.9. The SMILES string of the molecule is C[Si](C)(C)OC(=O)C1=C(CBr)C(Br)S[C@@H]2C(NC(=O)Cc3ccccc3)C(=O)N12. The van der Waals surface area contributed by atoms with Crippen molar-refractivity contribution < 1.29 is 18.8 Å². The van der Waals surface area contributed by atoms with Gasteiger partial charge in [-0.1, -0.05) is 62.2 Å². The van der Waals surface area contributed by atoms with E-state index in [-0.39, 0.29) is 33.5 Å². The van der Waals surface area contributed by atoms with Crippen molar-refractivity contribution in [3.8, 4) is 0 Å². The molecule has 0 aliphatic carbocycles. The summed E-state index contributed by atoms with van der Waals surface area (Å²) >= 11 is 8.51. The maximum absolute atomic E-state index is 12.9. The van der Waals surface area contributed by atoms with Crippen LogP contribution in [0.2, 0.25) is 19.6 Å². The Kier molecular flexibility index (Phi) is 6.97. The highest BCUT2D eigenvalue weighted by molar-refractivity contribution is 9.11. The second-order valence-electron chi connectivity index (χ2n) is 7.77. The van der Waals surface area contributed by atoms with Crippen molar-refractivity contribution in [2.75, 3.05) is 5.33 Å². The molecule has 3 rings (SSSR count). The van der Waals surface area contributed by atoms with Gasteiger partial charge in [0.1, 0.15) is 17.1 Å². The summed E-state index contributed by atoms with van der Waals surface area (Å²) in [6, 6.07) is 8.70. The predicted molar refractivity (Wildman–Crippen MR) is 123 cm³/mol. The van der Waals surface area contributed by atoms with E-state index in [1.54, 1.807) is 0 Å². The summed E-state index contributed by atoms with van der Waals surface area (Å²) in [5, 5.41) is 2.91. The van der Waals surface area contributed by atoms with Crippen LogP contribution in [-0.4, -0.2) is 51.9 Å². The molecule has 0 saturated carbocycles. The van der Waals surface area contributed by atoms with Crippen LogP contribution in [0.15, 0.2) is 41.6 Å².